The average Bonchev–Trinajstić information content (AvgIpc) is 3.24. The van der Waals surface area contributed by atoms with Gasteiger partial charge in [0.1, 0.15) is 17.2 Å². The molecule has 5 nitrogen and oxygen atoms in total. The summed E-state index contributed by atoms with van der Waals surface area (Å²) in [7, 11) is 0. The second-order valence-corrected chi connectivity index (χ2v) is 9.36. The van der Waals surface area contributed by atoms with Gasteiger partial charge in [0.25, 0.3) is 0 Å². The number of imidazole rings is 1. The van der Waals surface area contributed by atoms with E-state index < -0.39 is 0 Å². The number of benzene rings is 1. The van der Waals surface area contributed by atoms with Crippen molar-refractivity contribution in [1.82, 2.24) is 14.4 Å². The first-order valence-electron chi connectivity index (χ1n) is 11.4. The number of hydrogen-bond donors (Lipinski definition) is 1. The number of pyridine rings is 2. The molecular formula is C26H28N4O. The summed E-state index contributed by atoms with van der Waals surface area (Å²) in [6.45, 7) is 0.821. The number of nitrogen functional groups attached to an aromatic ring is 1. The van der Waals surface area contributed by atoms with Crippen molar-refractivity contribution >= 4 is 22.2 Å². The van der Waals surface area contributed by atoms with E-state index in [2.05, 4.69) is 34.2 Å². The number of rotatable bonds is 6. The summed E-state index contributed by atoms with van der Waals surface area (Å²) in [6, 6.07) is 12.6. The Morgan fingerprint density at radius 2 is 1.84 bits per heavy atom. The molecule has 0 saturated heterocycles. The van der Waals surface area contributed by atoms with Gasteiger partial charge in [0, 0.05) is 36.2 Å². The van der Waals surface area contributed by atoms with E-state index in [1.807, 2.05) is 41.3 Å². The van der Waals surface area contributed by atoms with Crippen molar-refractivity contribution in [3.05, 3.63) is 66.7 Å². The number of anilines is 1. The Kier molecular flexibility index (Phi) is 4.55. The zero-order valence-corrected chi connectivity index (χ0v) is 17.7. The molecule has 2 atom stereocenters. The van der Waals surface area contributed by atoms with Crippen LogP contribution in [0.1, 0.15) is 31.2 Å². The van der Waals surface area contributed by atoms with Gasteiger partial charge >= 0.3 is 0 Å². The third-order valence-corrected chi connectivity index (χ3v) is 7.69. The molecule has 158 valence electrons. The Morgan fingerprint density at radius 3 is 2.77 bits per heavy atom. The number of nitrogens with two attached hydrogens (primary N) is 1. The lowest BCUT2D eigenvalue weighted by Crippen LogP contribution is -2.44. The molecule has 3 aliphatic carbocycles. The predicted molar refractivity (Wildman–Crippen MR) is 123 cm³/mol. The molecule has 3 heterocycles. The van der Waals surface area contributed by atoms with Crippen LogP contribution in [0.5, 0.6) is 5.75 Å². The predicted octanol–water partition coefficient (Wildman–Crippen LogP) is 5.14. The lowest BCUT2D eigenvalue weighted by atomic mass is 9.54. The summed E-state index contributed by atoms with van der Waals surface area (Å²) in [5, 5.41) is 2.33. The van der Waals surface area contributed by atoms with Gasteiger partial charge in [-0.2, -0.15) is 0 Å². The topological polar surface area (TPSA) is 65.4 Å². The maximum atomic E-state index is 6.23. The Morgan fingerprint density at radius 1 is 0.935 bits per heavy atom. The third kappa shape index (κ3) is 3.42. The number of ether oxygens (including phenoxy) is 1. The fraction of sp³-hybridized carbons (Fsp3) is 0.385. The van der Waals surface area contributed by atoms with Gasteiger partial charge in [-0.15, -0.1) is 0 Å². The van der Waals surface area contributed by atoms with Crippen LogP contribution in [0.15, 0.2) is 61.2 Å². The number of fused-ring (bicyclic) bond motifs is 4. The van der Waals surface area contributed by atoms with E-state index in [4.69, 9.17) is 10.5 Å². The molecule has 0 amide bonds. The fourth-order valence-electron chi connectivity index (χ4n) is 5.85. The molecule has 7 rings (SSSR count). The Labute approximate surface area is 182 Å². The van der Waals surface area contributed by atoms with E-state index in [9.17, 15) is 0 Å². The maximum Gasteiger partial charge on any atom is 0.140 e. The van der Waals surface area contributed by atoms with Gasteiger partial charge < -0.3 is 14.9 Å². The van der Waals surface area contributed by atoms with Crippen molar-refractivity contribution in [2.24, 2.45) is 23.7 Å². The second kappa shape index (κ2) is 7.56. The van der Waals surface area contributed by atoms with Crippen molar-refractivity contribution in [3.63, 3.8) is 0 Å². The fourth-order valence-corrected chi connectivity index (χ4v) is 5.85. The summed E-state index contributed by atoms with van der Waals surface area (Å²) in [6.07, 6.45) is 14.0. The number of aryl methyl sites for hydroxylation is 1. The molecule has 2 unspecified atom stereocenters. The molecule has 3 aliphatic rings. The molecular weight excluding hydrogens is 384 g/mol. The van der Waals surface area contributed by atoms with Gasteiger partial charge in [-0.05, 0) is 78.9 Å². The molecule has 5 heteroatoms. The normalized spacial score (nSPS) is 24.9. The number of hydrogen-bond acceptors (Lipinski definition) is 4. The maximum absolute atomic E-state index is 6.23. The van der Waals surface area contributed by atoms with Crippen LogP contribution in [0.3, 0.4) is 0 Å². The van der Waals surface area contributed by atoms with Gasteiger partial charge in [-0.1, -0.05) is 18.2 Å². The Hall–Kier alpha value is -3.08. The Balaban J connectivity index is 1.11. The van der Waals surface area contributed by atoms with Crippen LogP contribution in [0.4, 0.5) is 5.82 Å². The van der Waals surface area contributed by atoms with Crippen LogP contribution in [0, 0.1) is 23.7 Å². The summed E-state index contributed by atoms with van der Waals surface area (Å²) >= 11 is 0. The largest absolute Gasteiger partial charge is 0.493 e. The standard InChI is InChI=1S/C26H28N4O/c27-26-24-3-1-2-17(23(24)6-8-29-26)4-5-18-12-21(20-13-19(18)14-20)16-31-22-7-10-30-11-9-28-25(30)15-22/h1-3,6-11,15,18-21H,4-5,12-14,16H2,(H2,27,29). The van der Waals surface area contributed by atoms with Crippen LogP contribution >= 0.6 is 0 Å². The summed E-state index contributed by atoms with van der Waals surface area (Å²) < 4.78 is 8.24. The zero-order chi connectivity index (χ0) is 20.8. The highest BCUT2D eigenvalue weighted by Gasteiger charge is 2.45. The number of nitrogens with zero attached hydrogens (tertiary/aromatic N) is 3. The van der Waals surface area contributed by atoms with Crippen molar-refractivity contribution in [2.75, 3.05) is 12.3 Å². The molecule has 3 saturated carbocycles. The summed E-state index contributed by atoms with van der Waals surface area (Å²) in [5.41, 5.74) is 8.42. The van der Waals surface area contributed by atoms with Gasteiger partial charge in [0.15, 0.2) is 0 Å². The van der Waals surface area contributed by atoms with Gasteiger partial charge in [-0.3, -0.25) is 0 Å². The van der Waals surface area contributed by atoms with Crippen molar-refractivity contribution in [2.45, 2.75) is 32.1 Å². The lowest BCUT2D eigenvalue weighted by molar-refractivity contribution is -0.0272. The minimum absolute atomic E-state index is 0.629. The lowest BCUT2D eigenvalue weighted by Gasteiger charge is -2.51. The summed E-state index contributed by atoms with van der Waals surface area (Å²) in [5.74, 6) is 4.77. The highest BCUT2D eigenvalue weighted by molar-refractivity contribution is 5.93. The van der Waals surface area contributed by atoms with Crippen LogP contribution in [0.2, 0.25) is 0 Å². The molecule has 31 heavy (non-hydrogen) atoms. The van der Waals surface area contributed by atoms with E-state index in [1.54, 1.807) is 0 Å². The van der Waals surface area contributed by atoms with Crippen LogP contribution in [0.25, 0.3) is 16.4 Å². The van der Waals surface area contributed by atoms with E-state index >= 15 is 0 Å². The molecule has 4 aromatic rings. The van der Waals surface area contributed by atoms with Crippen LogP contribution < -0.4 is 10.5 Å². The molecule has 2 bridgehead atoms. The second-order valence-electron chi connectivity index (χ2n) is 9.36. The van der Waals surface area contributed by atoms with E-state index in [-0.39, 0.29) is 0 Å². The van der Waals surface area contributed by atoms with Gasteiger partial charge in [-0.25, -0.2) is 9.97 Å². The van der Waals surface area contributed by atoms with E-state index in [0.717, 1.165) is 47.6 Å². The van der Waals surface area contributed by atoms with Crippen LogP contribution in [-0.4, -0.2) is 21.0 Å². The quantitative estimate of drug-likeness (QED) is 0.476. The zero-order valence-electron chi connectivity index (χ0n) is 17.7. The monoisotopic (exact) mass is 412 g/mol. The first-order valence-corrected chi connectivity index (χ1v) is 11.4. The molecule has 3 fully saturated rings. The van der Waals surface area contributed by atoms with Gasteiger partial charge in [0.05, 0.1) is 6.61 Å². The molecule has 0 radical (unpaired) electrons. The van der Waals surface area contributed by atoms with E-state index in [1.165, 1.54) is 36.6 Å². The minimum Gasteiger partial charge on any atom is -0.493 e. The van der Waals surface area contributed by atoms with E-state index in [0.29, 0.717) is 11.7 Å². The molecule has 1 aromatic carbocycles. The molecule has 0 spiro atoms. The summed E-state index contributed by atoms with van der Waals surface area (Å²) in [4.78, 5) is 8.60. The first-order chi connectivity index (χ1) is 15.2. The van der Waals surface area contributed by atoms with Gasteiger partial charge in [0.2, 0.25) is 0 Å². The average molecular weight is 413 g/mol. The highest BCUT2D eigenvalue weighted by Crippen LogP contribution is 2.53. The highest BCUT2D eigenvalue weighted by atomic mass is 16.5. The minimum atomic E-state index is 0.629. The van der Waals surface area contributed by atoms with Crippen molar-refractivity contribution in [3.8, 4) is 5.75 Å². The third-order valence-electron chi connectivity index (χ3n) is 7.69. The SMILES string of the molecule is Nc1nccc2c(CCC3CC(COc4ccn5ccnc5c4)C4CC3C4)cccc12. The number of aromatic nitrogens is 3. The molecule has 3 aromatic heterocycles. The molecule has 0 aliphatic heterocycles. The van der Waals surface area contributed by atoms with Crippen LogP contribution in [-0.2, 0) is 6.42 Å². The smallest absolute Gasteiger partial charge is 0.140 e. The van der Waals surface area contributed by atoms with Crippen molar-refractivity contribution in [1.29, 1.82) is 0 Å². The molecule has 2 N–H and O–H groups in total. The first kappa shape index (κ1) is 18.7. The van der Waals surface area contributed by atoms with Crippen molar-refractivity contribution < 1.29 is 4.74 Å². The Bertz CT molecular complexity index is 1230.